The van der Waals surface area contributed by atoms with Crippen molar-refractivity contribution in [2.75, 3.05) is 12.9 Å². The van der Waals surface area contributed by atoms with E-state index < -0.39 is 4.92 Å². The fourth-order valence-corrected chi connectivity index (χ4v) is 3.81. The summed E-state index contributed by atoms with van der Waals surface area (Å²) >= 11 is 1.23. The van der Waals surface area contributed by atoms with Crippen LogP contribution in [-0.4, -0.2) is 38.5 Å². The van der Waals surface area contributed by atoms with E-state index >= 15 is 0 Å². The summed E-state index contributed by atoms with van der Waals surface area (Å²) in [5, 5.41) is 22.8. The average Bonchev–Trinajstić information content (AvgIpc) is 3.51. The first-order chi connectivity index (χ1) is 16.0. The summed E-state index contributed by atoms with van der Waals surface area (Å²) in [6, 6.07) is 16.9. The Morgan fingerprint density at radius 1 is 1.15 bits per heavy atom. The number of furan rings is 1. The smallest absolute Gasteiger partial charge is 0.269 e. The van der Waals surface area contributed by atoms with Gasteiger partial charge in [-0.25, -0.2) is 0 Å². The molecule has 0 spiro atoms. The number of carbonyl (C=O) groups is 1. The molecule has 0 aliphatic heterocycles. The molecule has 0 atom stereocenters. The Morgan fingerprint density at radius 2 is 1.91 bits per heavy atom. The van der Waals surface area contributed by atoms with E-state index in [2.05, 4.69) is 15.5 Å². The van der Waals surface area contributed by atoms with Crippen molar-refractivity contribution in [1.82, 2.24) is 20.1 Å². The van der Waals surface area contributed by atoms with Crippen LogP contribution in [0, 0.1) is 10.1 Å². The number of methoxy groups -OCH3 is 1. The summed E-state index contributed by atoms with van der Waals surface area (Å²) in [7, 11) is 1.58. The van der Waals surface area contributed by atoms with E-state index in [-0.39, 0.29) is 17.3 Å². The number of non-ortho nitro benzene ring substituents is 1. The van der Waals surface area contributed by atoms with Crippen LogP contribution in [0.15, 0.2) is 76.5 Å². The maximum atomic E-state index is 12.3. The van der Waals surface area contributed by atoms with E-state index in [1.807, 2.05) is 12.1 Å². The molecule has 1 amide bonds. The number of ether oxygens (including phenoxy) is 1. The van der Waals surface area contributed by atoms with Gasteiger partial charge < -0.3 is 14.5 Å². The van der Waals surface area contributed by atoms with E-state index in [0.29, 0.717) is 34.6 Å². The number of benzene rings is 2. The molecule has 2 aromatic heterocycles. The lowest BCUT2D eigenvalue weighted by Gasteiger charge is -2.11. The number of aromatic nitrogens is 3. The second-order valence-corrected chi connectivity index (χ2v) is 7.73. The summed E-state index contributed by atoms with van der Waals surface area (Å²) in [5.41, 5.74) is 1.39. The number of nitrogens with one attached hydrogen (secondary N) is 1. The molecular formula is C22H19N5O5S. The van der Waals surface area contributed by atoms with Crippen molar-refractivity contribution in [2.24, 2.45) is 0 Å². The maximum Gasteiger partial charge on any atom is 0.269 e. The predicted octanol–water partition coefficient (Wildman–Crippen LogP) is 3.85. The molecule has 4 aromatic rings. The average molecular weight is 465 g/mol. The van der Waals surface area contributed by atoms with Gasteiger partial charge in [-0.05, 0) is 48.5 Å². The van der Waals surface area contributed by atoms with Crippen LogP contribution in [0.4, 0.5) is 5.69 Å². The molecule has 2 aromatic carbocycles. The van der Waals surface area contributed by atoms with Crippen molar-refractivity contribution in [3.8, 4) is 22.8 Å². The lowest BCUT2D eigenvalue weighted by molar-refractivity contribution is -0.384. The minimum atomic E-state index is -0.458. The van der Waals surface area contributed by atoms with Gasteiger partial charge in [0.2, 0.25) is 5.91 Å². The molecule has 0 aliphatic carbocycles. The standard InChI is InChI=1S/C22H19N5O5S/c1-31-18-10-8-16(9-11-18)26-21(15-4-6-17(7-5-15)27(29)30)24-25-22(26)33-14-20(28)23-13-19-3-2-12-32-19/h2-12H,13-14H2,1H3,(H,23,28). The highest BCUT2D eigenvalue weighted by Crippen LogP contribution is 2.29. The van der Waals surface area contributed by atoms with Crippen LogP contribution in [0.5, 0.6) is 5.75 Å². The van der Waals surface area contributed by atoms with Gasteiger partial charge in [0.1, 0.15) is 11.5 Å². The first-order valence-corrected chi connectivity index (χ1v) is 10.8. The number of nitro groups is 1. The van der Waals surface area contributed by atoms with Gasteiger partial charge >= 0.3 is 0 Å². The van der Waals surface area contributed by atoms with E-state index in [1.54, 1.807) is 54.3 Å². The van der Waals surface area contributed by atoms with Gasteiger partial charge in [0.25, 0.3) is 5.69 Å². The molecule has 10 nitrogen and oxygen atoms in total. The molecule has 33 heavy (non-hydrogen) atoms. The molecule has 0 aliphatic rings. The predicted molar refractivity (Wildman–Crippen MR) is 121 cm³/mol. The summed E-state index contributed by atoms with van der Waals surface area (Å²) < 4.78 is 12.2. The van der Waals surface area contributed by atoms with Crippen LogP contribution in [0.25, 0.3) is 17.1 Å². The minimum Gasteiger partial charge on any atom is -0.497 e. The summed E-state index contributed by atoms with van der Waals surface area (Å²) in [5.74, 6) is 1.78. The fraction of sp³-hybridized carbons (Fsp3) is 0.136. The van der Waals surface area contributed by atoms with Crippen molar-refractivity contribution in [3.63, 3.8) is 0 Å². The van der Waals surface area contributed by atoms with Crippen LogP contribution < -0.4 is 10.1 Å². The molecule has 168 valence electrons. The number of thioether (sulfide) groups is 1. The number of nitrogens with zero attached hydrogens (tertiary/aromatic N) is 4. The number of hydrogen-bond acceptors (Lipinski definition) is 8. The molecule has 0 unspecified atom stereocenters. The van der Waals surface area contributed by atoms with E-state index in [9.17, 15) is 14.9 Å². The number of carbonyl (C=O) groups excluding carboxylic acids is 1. The fourth-order valence-electron chi connectivity index (χ4n) is 3.03. The van der Waals surface area contributed by atoms with Gasteiger partial charge in [-0.1, -0.05) is 11.8 Å². The van der Waals surface area contributed by atoms with Crippen LogP contribution in [-0.2, 0) is 11.3 Å². The van der Waals surface area contributed by atoms with Crippen molar-refractivity contribution in [1.29, 1.82) is 0 Å². The van der Waals surface area contributed by atoms with E-state index in [0.717, 1.165) is 5.69 Å². The summed E-state index contributed by atoms with van der Waals surface area (Å²) in [6.45, 7) is 0.297. The zero-order chi connectivity index (χ0) is 23.2. The third-order valence-corrected chi connectivity index (χ3v) is 5.60. The van der Waals surface area contributed by atoms with Crippen molar-refractivity contribution in [3.05, 3.63) is 82.8 Å². The second kappa shape index (κ2) is 10.0. The second-order valence-electron chi connectivity index (χ2n) is 6.79. The van der Waals surface area contributed by atoms with Crippen molar-refractivity contribution in [2.45, 2.75) is 11.7 Å². The van der Waals surface area contributed by atoms with Gasteiger partial charge in [-0.3, -0.25) is 19.5 Å². The number of hydrogen-bond donors (Lipinski definition) is 1. The Kier molecular flexibility index (Phi) is 6.69. The van der Waals surface area contributed by atoms with Crippen LogP contribution in [0.2, 0.25) is 0 Å². The number of rotatable bonds is 9. The Labute approximate surface area is 192 Å². The Balaban J connectivity index is 1.59. The quantitative estimate of drug-likeness (QED) is 0.224. The maximum absolute atomic E-state index is 12.3. The topological polar surface area (TPSA) is 125 Å². The summed E-state index contributed by atoms with van der Waals surface area (Å²) in [6.07, 6.45) is 1.55. The third kappa shape index (κ3) is 5.21. The molecule has 2 heterocycles. The first-order valence-electron chi connectivity index (χ1n) is 9.81. The zero-order valence-electron chi connectivity index (χ0n) is 17.5. The molecule has 0 radical (unpaired) electrons. The largest absolute Gasteiger partial charge is 0.497 e. The normalized spacial score (nSPS) is 10.7. The highest BCUT2D eigenvalue weighted by atomic mass is 32.2. The van der Waals surface area contributed by atoms with E-state index in [1.165, 1.54) is 23.9 Å². The minimum absolute atomic E-state index is 0.0166. The number of nitro benzene ring substituents is 1. The molecule has 4 rings (SSSR count). The van der Waals surface area contributed by atoms with Gasteiger partial charge in [-0.2, -0.15) is 0 Å². The molecule has 1 N–H and O–H groups in total. The Morgan fingerprint density at radius 3 is 2.55 bits per heavy atom. The monoisotopic (exact) mass is 465 g/mol. The summed E-state index contributed by atoms with van der Waals surface area (Å²) in [4.78, 5) is 22.8. The van der Waals surface area contributed by atoms with Crippen molar-refractivity contribution >= 4 is 23.4 Å². The van der Waals surface area contributed by atoms with Crippen molar-refractivity contribution < 1.29 is 18.9 Å². The molecule has 0 saturated heterocycles. The highest BCUT2D eigenvalue weighted by molar-refractivity contribution is 7.99. The molecule has 0 saturated carbocycles. The molecular weight excluding hydrogens is 446 g/mol. The SMILES string of the molecule is COc1ccc(-n2c(SCC(=O)NCc3ccco3)nnc2-c2ccc([N+](=O)[O-])cc2)cc1. The van der Waals surface area contributed by atoms with Gasteiger partial charge in [0.15, 0.2) is 11.0 Å². The van der Waals surface area contributed by atoms with Gasteiger partial charge in [0, 0.05) is 23.4 Å². The lowest BCUT2D eigenvalue weighted by Crippen LogP contribution is -2.24. The third-order valence-electron chi connectivity index (χ3n) is 4.67. The molecule has 11 heteroatoms. The number of amides is 1. The Bertz CT molecular complexity index is 1240. The lowest BCUT2D eigenvalue weighted by atomic mass is 10.2. The molecule has 0 fully saturated rings. The Hall–Kier alpha value is -4.12. The van der Waals surface area contributed by atoms with Gasteiger partial charge in [0.05, 0.1) is 30.6 Å². The highest BCUT2D eigenvalue weighted by Gasteiger charge is 2.18. The van der Waals surface area contributed by atoms with Crippen LogP contribution in [0.1, 0.15) is 5.76 Å². The molecule has 0 bridgehead atoms. The zero-order valence-corrected chi connectivity index (χ0v) is 18.3. The van der Waals surface area contributed by atoms with Crippen LogP contribution in [0.3, 0.4) is 0 Å². The first kappa shape index (κ1) is 22.1. The van der Waals surface area contributed by atoms with E-state index in [4.69, 9.17) is 9.15 Å². The van der Waals surface area contributed by atoms with Crippen LogP contribution >= 0.6 is 11.8 Å². The van der Waals surface area contributed by atoms with Gasteiger partial charge in [-0.15, -0.1) is 10.2 Å².